The number of halogens is 2. The van der Waals surface area contributed by atoms with E-state index >= 15 is 0 Å². The Morgan fingerprint density at radius 2 is 2.11 bits per heavy atom. The topological polar surface area (TPSA) is 23.5 Å². The van der Waals surface area contributed by atoms with E-state index < -0.39 is 0 Å². The molecule has 0 radical (unpaired) electrons. The predicted molar refractivity (Wildman–Crippen MR) is 80.3 cm³/mol. The highest BCUT2D eigenvalue weighted by molar-refractivity contribution is 7.10. The third kappa shape index (κ3) is 2.61. The summed E-state index contributed by atoms with van der Waals surface area (Å²) in [5.74, 6) is 0.103. The summed E-state index contributed by atoms with van der Waals surface area (Å²) in [6, 6.07) is 5.78. The number of hydrogen-bond acceptors (Lipinski definition) is 3. The van der Waals surface area contributed by atoms with E-state index in [9.17, 15) is 5.11 Å². The fraction of sp³-hybridized carbons (Fsp3) is 0.286. The van der Waals surface area contributed by atoms with Crippen LogP contribution in [-0.2, 0) is 19.5 Å². The lowest BCUT2D eigenvalue weighted by molar-refractivity contribution is 0.245. The molecule has 0 amide bonds. The number of aromatic hydroxyl groups is 1. The van der Waals surface area contributed by atoms with Crippen LogP contribution in [0.5, 0.6) is 5.75 Å². The zero-order valence-electron chi connectivity index (χ0n) is 10.2. The smallest absolute Gasteiger partial charge is 0.140 e. The van der Waals surface area contributed by atoms with Crippen molar-refractivity contribution in [2.75, 3.05) is 6.54 Å². The molecular weight excluding hydrogens is 301 g/mol. The lowest BCUT2D eigenvalue weighted by atomic mass is 10.1. The third-order valence-corrected chi connectivity index (χ3v) is 5.19. The van der Waals surface area contributed by atoms with Gasteiger partial charge >= 0.3 is 0 Å². The molecule has 19 heavy (non-hydrogen) atoms. The van der Waals surface area contributed by atoms with E-state index in [4.69, 9.17) is 23.2 Å². The quantitative estimate of drug-likeness (QED) is 0.892. The van der Waals surface area contributed by atoms with Crippen LogP contribution in [0.3, 0.4) is 0 Å². The Kier molecular flexibility index (Phi) is 3.72. The van der Waals surface area contributed by atoms with Gasteiger partial charge < -0.3 is 5.11 Å². The van der Waals surface area contributed by atoms with Crippen molar-refractivity contribution in [3.63, 3.8) is 0 Å². The monoisotopic (exact) mass is 313 g/mol. The van der Waals surface area contributed by atoms with E-state index in [1.807, 2.05) is 6.07 Å². The normalized spacial score (nSPS) is 15.5. The average Bonchev–Trinajstić information content (AvgIpc) is 2.87. The van der Waals surface area contributed by atoms with Gasteiger partial charge in [-0.2, -0.15) is 0 Å². The molecule has 0 saturated carbocycles. The van der Waals surface area contributed by atoms with Crippen LogP contribution < -0.4 is 0 Å². The van der Waals surface area contributed by atoms with E-state index in [2.05, 4.69) is 16.3 Å². The maximum Gasteiger partial charge on any atom is 0.140 e. The van der Waals surface area contributed by atoms with Crippen molar-refractivity contribution in [2.45, 2.75) is 19.5 Å². The fourth-order valence-electron chi connectivity index (χ4n) is 2.37. The fourth-order valence-corrected chi connectivity index (χ4v) is 3.68. The van der Waals surface area contributed by atoms with Gasteiger partial charge in [0.05, 0.1) is 5.02 Å². The zero-order chi connectivity index (χ0) is 13.4. The minimum Gasteiger partial charge on any atom is -0.506 e. The number of rotatable bonds is 2. The lowest BCUT2D eigenvalue weighted by Crippen LogP contribution is -2.29. The van der Waals surface area contributed by atoms with Gasteiger partial charge in [0, 0.05) is 30.1 Å². The van der Waals surface area contributed by atoms with Crippen LogP contribution in [0.15, 0.2) is 23.6 Å². The largest absolute Gasteiger partial charge is 0.506 e. The molecule has 3 rings (SSSR count). The van der Waals surface area contributed by atoms with Crippen LogP contribution >= 0.6 is 34.5 Å². The van der Waals surface area contributed by atoms with Gasteiger partial charge in [-0.3, -0.25) is 4.90 Å². The van der Waals surface area contributed by atoms with Crippen LogP contribution in [-0.4, -0.2) is 16.6 Å². The number of benzene rings is 1. The molecular formula is C14H13Cl2NOS. The standard InChI is InChI=1S/C14H13Cl2NOS/c15-11-2-1-10(14(18)13(11)16)7-17-5-3-9-4-6-19-12(9)8-17/h1-2,4,6,18H,3,5,7-8H2. The van der Waals surface area contributed by atoms with Gasteiger partial charge in [-0.15, -0.1) is 11.3 Å². The van der Waals surface area contributed by atoms with Gasteiger partial charge in [0.25, 0.3) is 0 Å². The molecule has 0 bridgehead atoms. The van der Waals surface area contributed by atoms with E-state index in [0.717, 1.165) is 25.1 Å². The minimum atomic E-state index is 0.103. The van der Waals surface area contributed by atoms with Gasteiger partial charge in [-0.1, -0.05) is 29.3 Å². The third-order valence-electron chi connectivity index (χ3n) is 3.45. The highest BCUT2D eigenvalue weighted by Gasteiger charge is 2.19. The van der Waals surface area contributed by atoms with Crippen molar-refractivity contribution >= 4 is 34.5 Å². The van der Waals surface area contributed by atoms with Gasteiger partial charge in [-0.05, 0) is 29.5 Å². The van der Waals surface area contributed by atoms with Gasteiger partial charge in [0.1, 0.15) is 10.8 Å². The molecule has 0 spiro atoms. The number of hydrogen-bond donors (Lipinski definition) is 1. The Balaban J connectivity index is 1.78. The first kappa shape index (κ1) is 13.3. The number of nitrogens with zero attached hydrogens (tertiary/aromatic N) is 1. The van der Waals surface area contributed by atoms with Crippen molar-refractivity contribution in [1.29, 1.82) is 0 Å². The van der Waals surface area contributed by atoms with Crippen molar-refractivity contribution in [1.82, 2.24) is 4.90 Å². The van der Waals surface area contributed by atoms with Crippen molar-refractivity contribution in [3.05, 3.63) is 49.6 Å². The van der Waals surface area contributed by atoms with E-state index in [1.54, 1.807) is 17.4 Å². The molecule has 1 aliphatic heterocycles. The van der Waals surface area contributed by atoms with Crippen LogP contribution in [0.1, 0.15) is 16.0 Å². The van der Waals surface area contributed by atoms with Crippen LogP contribution in [0.4, 0.5) is 0 Å². The summed E-state index contributed by atoms with van der Waals surface area (Å²) >= 11 is 13.6. The second-order valence-corrected chi connectivity index (χ2v) is 6.48. The summed E-state index contributed by atoms with van der Waals surface area (Å²) in [4.78, 5) is 3.74. The summed E-state index contributed by atoms with van der Waals surface area (Å²) in [6.07, 6.45) is 1.07. The Morgan fingerprint density at radius 3 is 2.95 bits per heavy atom. The molecule has 2 aromatic rings. The molecule has 5 heteroatoms. The number of phenols is 1. The van der Waals surface area contributed by atoms with E-state index in [1.165, 1.54) is 10.4 Å². The van der Waals surface area contributed by atoms with Crippen LogP contribution in [0, 0.1) is 0 Å². The minimum absolute atomic E-state index is 0.103. The summed E-state index contributed by atoms with van der Waals surface area (Å²) < 4.78 is 0. The van der Waals surface area contributed by atoms with Gasteiger partial charge in [-0.25, -0.2) is 0 Å². The molecule has 1 aromatic carbocycles. The zero-order valence-corrected chi connectivity index (χ0v) is 12.5. The molecule has 2 heterocycles. The summed E-state index contributed by atoms with van der Waals surface area (Å²) in [5, 5.41) is 12.8. The molecule has 1 N–H and O–H groups in total. The molecule has 0 fully saturated rings. The highest BCUT2D eigenvalue weighted by Crippen LogP contribution is 2.35. The van der Waals surface area contributed by atoms with Crippen LogP contribution in [0.2, 0.25) is 10.0 Å². The molecule has 2 nitrogen and oxygen atoms in total. The molecule has 100 valence electrons. The molecule has 0 saturated heterocycles. The molecule has 0 atom stereocenters. The Morgan fingerprint density at radius 1 is 1.26 bits per heavy atom. The highest BCUT2D eigenvalue weighted by atomic mass is 35.5. The van der Waals surface area contributed by atoms with E-state index in [0.29, 0.717) is 11.6 Å². The number of fused-ring (bicyclic) bond motifs is 1. The lowest BCUT2D eigenvalue weighted by Gasteiger charge is -2.27. The Labute approximate surface area is 126 Å². The second-order valence-electron chi connectivity index (χ2n) is 4.70. The first-order chi connectivity index (χ1) is 9.15. The average molecular weight is 314 g/mol. The van der Waals surface area contributed by atoms with Crippen molar-refractivity contribution < 1.29 is 5.11 Å². The van der Waals surface area contributed by atoms with Crippen molar-refractivity contribution in [3.8, 4) is 5.75 Å². The molecule has 1 aliphatic rings. The van der Waals surface area contributed by atoms with Gasteiger partial charge in [0.15, 0.2) is 0 Å². The number of phenolic OH excluding ortho intramolecular Hbond substituents is 1. The molecule has 0 unspecified atom stereocenters. The number of thiophene rings is 1. The summed E-state index contributed by atoms with van der Waals surface area (Å²) in [6.45, 7) is 2.64. The molecule has 0 aliphatic carbocycles. The first-order valence-electron chi connectivity index (χ1n) is 6.08. The van der Waals surface area contributed by atoms with Crippen LogP contribution in [0.25, 0.3) is 0 Å². The summed E-state index contributed by atoms with van der Waals surface area (Å²) in [5.41, 5.74) is 2.29. The van der Waals surface area contributed by atoms with E-state index in [-0.39, 0.29) is 10.8 Å². The summed E-state index contributed by atoms with van der Waals surface area (Å²) in [7, 11) is 0. The second kappa shape index (κ2) is 5.33. The first-order valence-corrected chi connectivity index (χ1v) is 7.72. The maximum atomic E-state index is 10.0. The SMILES string of the molecule is Oc1c(CN2CCc3ccsc3C2)ccc(Cl)c1Cl. The Bertz CT molecular complexity index is 611. The predicted octanol–water partition coefficient (Wildman–Crippen LogP) is 4.32. The van der Waals surface area contributed by atoms with Crippen molar-refractivity contribution in [2.24, 2.45) is 0 Å². The van der Waals surface area contributed by atoms with Gasteiger partial charge in [0.2, 0.25) is 0 Å². The Hall–Kier alpha value is -0.740. The maximum absolute atomic E-state index is 10.0. The molecule has 1 aromatic heterocycles.